The van der Waals surface area contributed by atoms with Crippen molar-refractivity contribution in [2.75, 3.05) is 24.7 Å². The fourth-order valence-electron chi connectivity index (χ4n) is 2.32. The number of carbonyl (C=O) groups is 3. The van der Waals surface area contributed by atoms with Crippen molar-refractivity contribution in [2.45, 2.75) is 25.2 Å². The fraction of sp³-hybridized carbons (Fsp3) is 0.286. The van der Waals surface area contributed by atoms with E-state index >= 15 is 0 Å². The molecule has 0 aliphatic carbocycles. The molecular weight excluding hydrogens is 376 g/mol. The van der Waals surface area contributed by atoms with Crippen LogP contribution in [0.25, 0.3) is 0 Å². The number of nitrogens with one attached hydrogen (secondary N) is 2. The summed E-state index contributed by atoms with van der Waals surface area (Å²) >= 11 is 1.58. The Morgan fingerprint density at radius 2 is 1.71 bits per heavy atom. The van der Waals surface area contributed by atoms with Gasteiger partial charge in [0.05, 0.1) is 6.42 Å². The van der Waals surface area contributed by atoms with Crippen LogP contribution in [0.3, 0.4) is 0 Å². The maximum Gasteiger partial charge on any atom is 0.307 e. The van der Waals surface area contributed by atoms with Crippen LogP contribution in [-0.4, -0.2) is 37.2 Å². The second kappa shape index (κ2) is 10.5. The van der Waals surface area contributed by atoms with Gasteiger partial charge in [0.2, 0.25) is 0 Å². The minimum absolute atomic E-state index is 0.203. The SMILES string of the molecule is CNC(=O)c1ccc(NC(=O)COC(=O)CCSc2ccc(C)c(C)c2)cc1. The van der Waals surface area contributed by atoms with Crippen LogP contribution in [0.1, 0.15) is 27.9 Å². The average Bonchev–Trinajstić information content (AvgIpc) is 2.69. The minimum atomic E-state index is -0.428. The highest BCUT2D eigenvalue weighted by Crippen LogP contribution is 2.21. The average molecular weight is 401 g/mol. The molecule has 0 bridgehead atoms. The number of ether oxygens (including phenoxy) is 1. The Hall–Kier alpha value is -2.80. The van der Waals surface area contributed by atoms with Crippen molar-refractivity contribution in [3.63, 3.8) is 0 Å². The summed E-state index contributed by atoms with van der Waals surface area (Å²) in [6.07, 6.45) is 0.228. The van der Waals surface area contributed by atoms with Crippen molar-refractivity contribution in [3.8, 4) is 0 Å². The van der Waals surface area contributed by atoms with Crippen molar-refractivity contribution in [3.05, 3.63) is 59.2 Å². The van der Waals surface area contributed by atoms with Gasteiger partial charge in [-0.3, -0.25) is 14.4 Å². The molecule has 6 nitrogen and oxygen atoms in total. The molecule has 0 radical (unpaired) electrons. The summed E-state index contributed by atoms with van der Waals surface area (Å²) in [5, 5.41) is 5.14. The molecule has 2 aromatic rings. The second-order valence-electron chi connectivity index (χ2n) is 6.21. The zero-order valence-electron chi connectivity index (χ0n) is 16.2. The van der Waals surface area contributed by atoms with Crippen LogP contribution in [0.4, 0.5) is 5.69 Å². The summed E-state index contributed by atoms with van der Waals surface area (Å²) in [6.45, 7) is 3.77. The van der Waals surface area contributed by atoms with Gasteiger partial charge in [-0.25, -0.2) is 0 Å². The first kappa shape index (κ1) is 21.5. The third-order valence-electron chi connectivity index (χ3n) is 4.08. The Bertz CT molecular complexity index is 850. The lowest BCUT2D eigenvalue weighted by atomic mass is 10.1. The fourth-order valence-corrected chi connectivity index (χ4v) is 3.25. The standard InChI is InChI=1S/C21H24N2O4S/c1-14-4-9-18(12-15(14)2)28-11-10-20(25)27-13-19(24)23-17-7-5-16(6-8-17)21(26)22-3/h4-9,12H,10-11,13H2,1-3H3,(H,22,26)(H,23,24). The third kappa shape index (κ3) is 6.74. The van der Waals surface area contributed by atoms with Crippen molar-refractivity contribution in [2.24, 2.45) is 0 Å². The molecule has 28 heavy (non-hydrogen) atoms. The predicted octanol–water partition coefficient (Wildman–Crippen LogP) is 3.33. The monoisotopic (exact) mass is 400 g/mol. The van der Waals surface area contributed by atoms with E-state index in [2.05, 4.69) is 36.6 Å². The highest BCUT2D eigenvalue weighted by molar-refractivity contribution is 7.99. The lowest BCUT2D eigenvalue weighted by Crippen LogP contribution is -2.21. The van der Waals surface area contributed by atoms with Gasteiger partial charge in [0.15, 0.2) is 6.61 Å². The molecule has 0 unspecified atom stereocenters. The summed E-state index contributed by atoms with van der Waals surface area (Å²) in [4.78, 5) is 36.3. The van der Waals surface area contributed by atoms with Gasteiger partial charge >= 0.3 is 5.97 Å². The maximum absolute atomic E-state index is 11.9. The summed E-state index contributed by atoms with van der Waals surface area (Å²) < 4.78 is 5.01. The minimum Gasteiger partial charge on any atom is -0.456 e. The molecule has 2 amide bonds. The van der Waals surface area contributed by atoms with Crippen LogP contribution in [0.15, 0.2) is 47.4 Å². The third-order valence-corrected chi connectivity index (χ3v) is 5.07. The van der Waals surface area contributed by atoms with Gasteiger partial charge < -0.3 is 15.4 Å². The van der Waals surface area contributed by atoms with Crippen LogP contribution in [-0.2, 0) is 14.3 Å². The van der Waals surface area contributed by atoms with E-state index in [1.54, 1.807) is 43.1 Å². The van der Waals surface area contributed by atoms with Gasteiger partial charge in [0.25, 0.3) is 11.8 Å². The topological polar surface area (TPSA) is 84.5 Å². The molecule has 0 heterocycles. The normalized spacial score (nSPS) is 10.2. The van der Waals surface area contributed by atoms with Crippen LogP contribution in [0.5, 0.6) is 0 Å². The number of esters is 1. The number of benzene rings is 2. The van der Waals surface area contributed by atoms with E-state index < -0.39 is 11.9 Å². The van der Waals surface area contributed by atoms with Gasteiger partial charge in [0, 0.05) is 28.9 Å². The maximum atomic E-state index is 11.9. The number of aryl methyl sites for hydroxylation is 2. The van der Waals surface area contributed by atoms with E-state index in [1.807, 2.05) is 6.07 Å². The quantitative estimate of drug-likeness (QED) is 0.524. The van der Waals surface area contributed by atoms with E-state index in [0.29, 0.717) is 17.0 Å². The van der Waals surface area contributed by atoms with Crippen molar-refractivity contribution in [1.82, 2.24) is 5.32 Å². The molecule has 2 rings (SSSR count). The van der Waals surface area contributed by atoms with Gasteiger partial charge in [0.1, 0.15) is 0 Å². The van der Waals surface area contributed by atoms with Crippen LogP contribution in [0, 0.1) is 13.8 Å². The number of rotatable bonds is 8. The number of thioether (sulfide) groups is 1. The summed E-state index contributed by atoms with van der Waals surface area (Å²) in [7, 11) is 1.55. The van der Waals surface area contributed by atoms with E-state index in [1.165, 1.54) is 11.1 Å². The van der Waals surface area contributed by atoms with Gasteiger partial charge in [-0.15, -0.1) is 11.8 Å². The number of anilines is 1. The van der Waals surface area contributed by atoms with E-state index in [-0.39, 0.29) is 18.9 Å². The predicted molar refractivity (Wildman–Crippen MR) is 111 cm³/mol. The Morgan fingerprint density at radius 3 is 2.36 bits per heavy atom. The molecule has 0 saturated carbocycles. The molecule has 2 N–H and O–H groups in total. The Morgan fingerprint density at radius 1 is 1.00 bits per heavy atom. The molecule has 0 saturated heterocycles. The van der Waals surface area contributed by atoms with E-state index in [0.717, 1.165) is 4.90 Å². The zero-order chi connectivity index (χ0) is 20.5. The van der Waals surface area contributed by atoms with E-state index in [9.17, 15) is 14.4 Å². The Kier molecular flexibility index (Phi) is 8.07. The number of hydrogen-bond donors (Lipinski definition) is 2. The van der Waals surface area contributed by atoms with Crippen LogP contribution >= 0.6 is 11.8 Å². The molecule has 2 aromatic carbocycles. The van der Waals surface area contributed by atoms with E-state index in [4.69, 9.17) is 4.74 Å². The smallest absolute Gasteiger partial charge is 0.307 e. The lowest BCUT2D eigenvalue weighted by molar-refractivity contribution is -0.146. The first-order chi connectivity index (χ1) is 13.4. The Balaban J connectivity index is 1.69. The molecule has 7 heteroatoms. The van der Waals surface area contributed by atoms with Gasteiger partial charge in [-0.1, -0.05) is 6.07 Å². The molecule has 0 aliphatic rings. The number of amides is 2. The number of hydrogen-bond acceptors (Lipinski definition) is 5. The van der Waals surface area contributed by atoms with Crippen molar-refractivity contribution >= 4 is 35.2 Å². The second-order valence-corrected chi connectivity index (χ2v) is 7.38. The molecular formula is C21H24N2O4S. The molecule has 0 aliphatic heterocycles. The molecule has 0 fully saturated rings. The first-order valence-electron chi connectivity index (χ1n) is 8.86. The van der Waals surface area contributed by atoms with Crippen LogP contribution < -0.4 is 10.6 Å². The molecule has 148 valence electrons. The highest BCUT2D eigenvalue weighted by atomic mass is 32.2. The van der Waals surface area contributed by atoms with Crippen molar-refractivity contribution in [1.29, 1.82) is 0 Å². The summed E-state index contributed by atoms with van der Waals surface area (Å²) in [5.41, 5.74) is 3.47. The largest absolute Gasteiger partial charge is 0.456 e. The van der Waals surface area contributed by atoms with Crippen LogP contribution in [0.2, 0.25) is 0 Å². The first-order valence-corrected chi connectivity index (χ1v) is 9.85. The molecule has 0 spiro atoms. The molecule has 0 atom stereocenters. The highest BCUT2D eigenvalue weighted by Gasteiger charge is 2.09. The van der Waals surface area contributed by atoms with Gasteiger partial charge in [-0.05, 0) is 61.4 Å². The summed E-state index contributed by atoms with van der Waals surface area (Å²) in [6, 6.07) is 12.6. The summed E-state index contributed by atoms with van der Waals surface area (Å²) in [5.74, 6) is -0.459. The van der Waals surface area contributed by atoms with Gasteiger partial charge in [-0.2, -0.15) is 0 Å². The molecule has 0 aromatic heterocycles. The Labute approximate surface area is 169 Å². The lowest BCUT2D eigenvalue weighted by Gasteiger charge is -2.08. The number of carbonyl (C=O) groups excluding carboxylic acids is 3. The zero-order valence-corrected chi connectivity index (χ0v) is 17.0. The van der Waals surface area contributed by atoms with Crippen molar-refractivity contribution < 1.29 is 19.1 Å².